The van der Waals surface area contributed by atoms with E-state index in [1.165, 1.54) is 30.3 Å². The van der Waals surface area contributed by atoms with Gasteiger partial charge >= 0.3 is 0 Å². The number of rotatable bonds is 9. The predicted molar refractivity (Wildman–Crippen MR) is 132 cm³/mol. The van der Waals surface area contributed by atoms with Gasteiger partial charge in [-0.2, -0.15) is 5.26 Å². The molecule has 0 saturated carbocycles. The van der Waals surface area contributed by atoms with Gasteiger partial charge in [-0.25, -0.2) is 4.39 Å². The maximum absolute atomic E-state index is 13.1. The van der Waals surface area contributed by atoms with E-state index in [4.69, 9.17) is 9.47 Å². The molecule has 8 heteroatoms. The van der Waals surface area contributed by atoms with E-state index < -0.39 is 11.7 Å². The lowest BCUT2D eigenvalue weighted by atomic mass is 10.1. The number of nitrogens with zero attached hydrogens (tertiary/aromatic N) is 1. The van der Waals surface area contributed by atoms with Gasteiger partial charge in [-0.05, 0) is 79.6 Å². The highest BCUT2D eigenvalue weighted by molar-refractivity contribution is 6.09. The fourth-order valence-electron chi connectivity index (χ4n) is 3.11. The largest absolute Gasteiger partial charge is 0.490 e. The maximum Gasteiger partial charge on any atom is 0.266 e. The molecule has 0 aromatic heterocycles. The monoisotopic (exact) mass is 473 g/mol. The van der Waals surface area contributed by atoms with Crippen LogP contribution in [0.1, 0.15) is 18.1 Å². The summed E-state index contributed by atoms with van der Waals surface area (Å²) in [6.07, 6.45) is 1.40. The van der Waals surface area contributed by atoms with E-state index in [1.54, 1.807) is 31.2 Å². The third-order valence-electron chi connectivity index (χ3n) is 4.71. The van der Waals surface area contributed by atoms with Crippen molar-refractivity contribution in [1.29, 1.82) is 5.26 Å². The minimum Gasteiger partial charge on any atom is -0.490 e. The summed E-state index contributed by atoms with van der Waals surface area (Å²) in [5.74, 6) is -0.688. The molecule has 7 nitrogen and oxygen atoms in total. The second-order valence-corrected chi connectivity index (χ2v) is 7.48. The van der Waals surface area contributed by atoms with Crippen LogP contribution >= 0.6 is 0 Å². The number of hydrogen-bond donors (Lipinski definition) is 2. The Bertz CT molecular complexity index is 1280. The SMILES string of the molecule is CCOc1cc(/C=C(\C#N)C(=O)Nc2ccc(F)cc2)ccc1OCC(=O)Nc1cccc(C)c1. The quantitative estimate of drug-likeness (QED) is 0.333. The van der Waals surface area contributed by atoms with Gasteiger partial charge in [-0.3, -0.25) is 9.59 Å². The summed E-state index contributed by atoms with van der Waals surface area (Å²) < 4.78 is 24.3. The van der Waals surface area contributed by atoms with Crippen molar-refractivity contribution in [2.24, 2.45) is 0 Å². The first kappa shape index (κ1) is 25.0. The first-order valence-electron chi connectivity index (χ1n) is 10.8. The van der Waals surface area contributed by atoms with Gasteiger partial charge < -0.3 is 20.1 Å². The Morgan fingerprint density at radius 1 is 0.971 bits per heavy atom. The average molecular weight is 474 g/mol. The zero-order valence-corrected chi connectivity index (χ0v) is 19.3. The van der Waals surface area contributed by atoms with E-state index in [-0.39, 0.29) is 18.1 Å². The zero-order chi connectivity index (χ0) is 25.2. The van der Waals surface area contributed by atoms with E-state index in [2.05, 4.69) is 10.6 Å². The van der Waals surface area contributed by atoms with Gasteiger partial charge in [0.05, 0.1) is 6.61 Å². The van der Waals surface area contributed by atoms with Gasteiger partial charge in [0.25, 0.3) is 11.8 Å². The maximum atomic E-state index is 13.1. The Morgan fingerprint density at radius 3 is 2.43 bits per heavy atom. The molecule has 2 N–H and O–H groups in total. The van der Waals surface area contributed by atoms with Crippen molar-refractivity contribution in [2.45, 2.75) is 13.8 Å². The summed E-state index contributed by atoms with van der Waals surface area (Å²) >= 11 is 0. The number of ether oxygens (including phenoxy) is 2. The molecule has 0 heterocycles. The number of halogens is 1. The molecule has 0 fully saturated rings. The number of aryl methyl sites for hydroxylation is 1. The molecular weight excluding hydrogens is 449 g/mol. The highest BCUT2D eigenvalue weighted by atomic mass is 19.1. The van der Waals surface area contributed by atoms with Crippen LogP contribution in [0, 0.1) is 24.1 Å². The van der Waals surface area contributed by atoms with E-state index in [0.717, 1.165) is 5.56 Å². The Balaban J connectivity index is 1.70. The van der Waals surface area contributed by atoms with Crippen LogP contribution in [0.4, 0.5) is 15.8 Å². The first-order chi connectivity index (χ1) is 16.9. The molecule has 0 spiro atoms. The second-order valence-electron chi connectivity index (χ2n) is 7.48. The molecule has 2 amide bonds. The highest BCUT2D eigenvalue weighted by Gasteiger charge is 2.13. The Morgan fingerprint density at radius 2 is 1.74 bits per heavy atom. The van der Waals surface area contributed by atoms with E-state index in [9.17, 15) is 19.2 Å². The van der Waals surface area contributed by atoms with Crippen molar-refractivity contribution in [2.75, 3.05) is 23.8 Å². The fourth-order valence-corrected chi connectivity index (χ4v) is 3.11. The van der Waals surface area contributed by atoms with Crippen molar-refractivity contribution in [1.82, 2.24) is 0 Å². The van der Waals surface area contributed by atoms with Crippen molar-refractivity contribution in [3.8, 4) is 17.6 Å². The van der Waals surface area contributed by atoms with Gasteiger partial charge in [-0.15, -0.1) is 0 Å². The standard InChI is InChI=1S/C27H24FN3O4/c1-3-34-25-15-19(14-20(16-29)27(33)31-22-10-8-21(28)9-11-22)7-12-24(25)35-17-26(32)30-23-6-4-5-18(2)13-23/h4-15H,3,17H2,1-2H3,(H,30,32)(H,31,33)/b20-14+. The normalized spacial score (nSPS) is 10.7. The van der Waals surface area contributed by atoms with Crippen LogP contribution in [0.3, 0.4) is 0 Å². The average Bonchev–Trinajstić information content (AvgIpc) is 2.83. The number of benzene rings is 3. The van der Waals surface area contributed by atoms with E-state index in [1.807, 2.05) is 31.2 Å². The van der Waals surface area contributed by atoms with E-state index in [0.29, 0.717) is 35.0 Å². The van der Waals surface area contributed by atoms with Gasteiger partial charge in [0.1, 0.15) is 17.5 Å². The van der Waals surface area contributed by atoms with Crippen LogP contribution in [0.5, 0.6) is 11.5 Å². The van der Waals surface area contributed by atoms with Crippen molar-refractivity contribution in [3.63, 3.8) is 0 Å². The third-order valence-corrected chi connectivity index (χ3v) is 4.71. The predicted octanol–water partition coefficient (Wildman–Crippen LogP) is 5.10. The Kier molecular flexibility index (Phi) is 8.57. The minimum absolute atomic E-state index is 0.150. The van der Waals surface area contributed by atoms with Crippen LogP contribution < -0.4 is 20.1 Å². The Hall–Kier alpha value is -4.64. The lowest BCUT2D eigenvalue weighted by Crippen LogP contribution is -2.20. The third kappa shape index (κ3) is 7.44. The van der Waals surface area contributed by atoms with Crippen LogP contribution in [0.2, 0.25) is 0 Å². The number of anilines is 2. The molecule has 0 atom stereocenters. The van der Waals surface area contributed by atoms with Gasteiger partial charge in [0.15, 0.2) is 18.1 Å². The first-order valence-corrected chi connectivity index (χ1v) is 10.8. The van der Waals surface area contributed by atoms with Gasteiger partial charge in [0.2, 0.25) is 0 Å². The van der Waals surface area contributed by atoms with Crippen molar-refractivity contribution >= 4 is 29.3 Å². The smallest absolute Gasteiger partial charge is 0.266 e. The van der Waals surface area contributed by atoms with Crippen molar-refractivity contribution < 1.29 is 23.5 Å². The number of nitrogens with one attached hydrogen (secondary N) is 2. The number of hydrogen-bond acceptors (Lipinski definition) is 5. The van der Waals surface area contributed by atoms with Crippen LogP contribution in [-0.2, 0) is 9.59 Å². The molecule has 0 saturated heterocycles. The van der Waals surface area contributed by atoms with Gasteiger partial charge in [0, 0.05) is 11.4 Å². The van der Waals surface area contributed by atoms with Crippen LogP contribution in [0.15, 0.2) is 72.3 Å². The second kappa shape index (κ2) is 12.0. The number of carbonyl (C=O) groups is 2. The fraction of sp³-hybridized carbons (Fsp3) is 0.148. The molecule has 178 valence electrons. The summed E-state index contributed by atoms with van der Waals surface area (Å²) in [6, 6.07) is 19.3. The lowest BCUT2D eigenvalue weighted by Gasteiger charge is -2.13. The summed E-state index contributed by atoms with van der Waals surface area (Å²) in [4.78, 5) is 24.7. The molecule has 0 aliphatic heterocycles. The molecule has 0 unspecified atom stereocenters. The lowest BCUT2D eigenvalue weighted by molar-refractivity contribution is -0.118. The van der Waals surface area contributed by atoms with Crippen LogP contribution in [-0.4, -0.2) is 25.0 Å². The molecule has 0 aliphatic carbocycles. The molecule has 3 rings (SSSR count). The highest BCUT2D eigenvalue weighted by Crippen LogP contribution is 2.29. The summed E-state index contributed by atoms with van der Waals surface area (Å²) in [7, 11) is 0. The summed E-state index contributed by atoms with van der Waals surface area (Å²) in [5, 5.41) is 14.8. The number of amides is 2. The summed E-state index contributed by atoms with van der Waals surface area (Å²) in [5.41, 5.74) is 2.43. The molecule has 0 aliphatic rings. The zero-order valence-electron chi connectivity index (χ0n) is 19.3. The molecular formula is C27H24FN3O4. The molecule has 0 bridgehead atoms. The van der Waals surface area contributed by atoms with Crippen molar-refractivity contribution in [3.05, 3.63) is 89.2 Å². The van der Waals surface area contributed by atoms with Crippen LogP contribution in [0.25, 0.3) is 6.08 Å². The molecule has 3 aromatic carbocycles. The van der Waals surface area contributed by atoms with Gasteiger partial charge in [-0.1, -0.05) is 18.2 Å². The molecule has 3 aromatic rings. The molecule has 35 heavy (non-hydrogen) atoms. The summed E-state index contributed by atoms with van der Waals surface area (Å²) in [6.45, 7) is 3.84. The number of nitriles is 1. The Labute approximate surface area is 202 Å². The van der Waals surface area contributed by atoms with E-state index >= 15 is 0 Å². The minimum atomic E-state index is -0.634. The number of carbonyl (C=O) groups excluding carboxylic acids is 2. The molecule has 0 radical (unpaired) electrons. The topological polar surface area (TPSA) is 100 Å².